The number of nitrogens with zero attached hydrogens (tertiary/aromatic N) is 3. The summed E-state index contributed by atoms with van der Waals surface area (Å²) in [4.78, 5) is 7.61. The highest BCUT2D eigenvalue weighted by Gasteiger charge is 2.47. The van der Waals surface area contributed by atoms with E-state index in [-0.39, 0.29) is 6.71 Å². The van der Waals surface area contributed by atoms with Crippen LogP contribution in [0.15, 0.2) is 340 Å². The van der Waals surface area contributed by atoms with Crippen LogP contribution >= 0.6 is 0 Å². The van der Waals surface area contributed by atoms with Gasteiger partial charge in [0.2, 0.25) is 0 Å². The van der Waals surface area contributed by atoms with Gasteiger partial charge in [-0.15, -0.1) is 0 Å². The Balaban J connectivity index is 1.08. The fraction of sp³-hybridized carbons (Fsp3) is 0. The minimum atomic E-state index is -3.04. The van der Waals surface area contributed by atoms with Crippen molar-refractivity contribution >= 4 is 103 Å². The monoisotopic (exact) mass is 1070 g/mol. The second-order valence-electron chi connectivity index (χ2n) is 21.5. The van der Waals surface area contributed by atoms with Gasteiger partial charge in [0, 0.05) is 56.5 Å². The number of anilines is 9. The summed E-state index contributed by atoms with van der Waals surface area (Å²) in [6.07, 6.45) is 0. The molecular formula is C78H56BN3Si. The Morgan fingerprint density at radius 3 is 1.18 bits per heavy atom. The zero-order valence-electron chi connectivity index (χ0n) is 45.8. The molecule has 0 bridgehead atoms. The standard InChI is InChI=1S/C78H56BN3Si/c1-9-29-57(30-10-1)67-45-25-26-48-72(67)81-73-54-52-66(83(63-39-19-6-20-40-63,64-41-21-7-22-42-64)65-43-23-8-24-44-65)56-71(73)79-70-53-51-62(80(60-35-15-4-16-36-60)61-37-17-5-18-38-61)55-76(70)82(75-50-28-49-74(81)77(75)79)78-68(58-31-11-2-12-32-58)46-27-47-69(78)59-33-13-3-14-34-59/h1-56H. The molecule has 3 nitrogen and oxygen atoms in total. The number of hydrogen-bond acceptors (Lipinski definition) is 3. The van der Waals surface area contributed by atoms with Gasteiger partial charge in [-0.2, -0.15) is 0 Å². The molecular weight excluding hydrogens is 1020 g/mol. The average Bonchev–Trinajstić information content (AvgIpc) is 1.88. The summed E-state index contributed by atoms with van der Waals surface area (Å²) >= 11 is 0. The van der Waals surface area contributed by atoms with Crippen LogP contribution in [0.3, 0.4) is 0 Å². The molecule has 2 heterocycles. The van der Waals surface area contributed by atoms with Crippen LogP contribution in [0.4, 0.5) is 51.2 Å². The van der Waals surface area contributed by atoms with E-state index in [4.69, 9.17) is 0 Å². The highest BCUT2D eigenvalue weighted by Crippen LogP contribution is 2.51. The summed E-state index contributed by atoms with van der Waals surface area (Å²) in [5.74, 6) is 0. The Bertz CT molecular complexity index is 4240. The van der Waals surface area contributed by atoms with Gasteiger partial charge in [0.15, 0.2) is 8.07 Å². The zero-order valence-corrected chi connectivity index (χ0v) is 46.8. The van der Waals surface area contributed by atoms with Crippen molar-refractivity contribution in [3.05, 3.63) is 340 Å². The van der Waals surface area contributed by atoms with Crippen molar-refractivity contribution < 1.29 is 0 Å². The molecule has 0 radical (unpaired) electrons. The van der Waals surface area contributed by atoms with E-state index in [1.54, 1.807) is 0 Å². The van der Waals surface area contributed by atoms with Crippen LogP contribution in [-0.4, -0.2) is 14.8 Å². The molecule has 83 heavy (non-hydrogen) atoms. The molecule has 15 rings (SSSR count). The molecule has 0 fully saturated rings. The molecule has 0 saturated carbocycles. The number of rotatable bonds is 12. The summed E-state index contributed by atoms with van der Waals surface area (Å²) in [5, 5.41) is 5.35. The van der Waals surface area contributed by atoms with Gasteiger partial charge in [0.05, 0.1) is 11.4 Å². The first kappa shape index (κ1) is 49.6. The lowest BCUT2D eigenvalue weighted by molar-refractivity contribution is 1.24. The van der Waals surface area contributed by atoms with Crippen molar-refractivity contribution in [2.45, 2.75) is 0 Å². The van der Waals surface area contributed by atoms with E-state index in [1.807, 2.05) is 0 Å². The number of fused-ring (bicyclic) bond motifs is 4. The SMILES string of the molecule is c1ccc(-c2ccccc2N2c3ccc([Si](c4ccccc4)(c4ccccc4)c4ccccc4)cc3B3c4ccc(N(c5ccccc5)c5ccccc5)cc4N(c4c(-c5ccccc5)cccc4-c4ccccc4)c4cccc2c43)cc1. The minimum Gasteiger partial charge on any atom is -0.311 e. The average molecular weight is 1070 g/mol. The quantitative estimate of drug-likeness (QED) is 0.0892. The summed E-state index contributed by atoms with van der Waals surface area (Å²) in [7, 11) is -3.04. The van der Waals surface area contributed by atoms with Crippen LogP contribution in [0.5, 0.6) is 0 Å². The fourth-order valence-electron chi connectivity index (χ4n) is 13.5. The molecule has 390 valence electrons. The third-order valence-corrected chi connectivity index (χ3v) is 21.8. The molecule has 0 N–H and O–H groups in total. The predicted octanol–water partition coefficient (Wildman–Crippen LogP) is 15.6. The summed E-state index contributed by atoms with van der Waals surface area (Å²) in [5.41, 5.74) is 20.8. The Morgan fingerprint density at radius 1 is 0.253 bits per heavy atom. The first-order valence-electron chi connectivity index (χ1n) is 28.7. The second kappa shape index (κ2) is 21.2. The zero-order chi connectivity index (χ0) is 55.1. The molecule has 0 saturated heterocycles. The number of hydrogen-bond donors (Lipinski definition) is 0. The molecule has 2 aliphatic heterocycles. The summed E-state index contributed by atoms with van der Waals surface area (Å²) in [6, 6.07) is 126. The first-order chi connectivity index (χ1) is 41.2. The Kier molecular flexibility index (Phi) is 12.7. The van der Waals surface area contributed by atoms with Gasteiger partial charge >= 0.3 is 0 Å². The maximum atomic E-state index is 2.64. The number of benzene rings is 13. The van der Waals surface area contributed by atoms with Gasteiger partial charge in [-0.25, -0.2) is 0 Å². The smallest absolute Gasteiger partial charge is 0.252 e. The van der Waals surface area contributed by atoms with Gasteiger partial charge in [0.1, 0.15) is 0 Å². The van der Waals surface area contributed by atoms with E-state index >= 15 is 0 Å². The normalized spacial score (nSPS) is 12.3. The minimum absolute atomic E-state index is 0.184. The summed E-state index contributed by atoms with van der Waals surface area (Å²) < 4.78 is 0. The van der Waals surface area contributed by atoms with E-state index in [0.717, 1.165) is 73.4 Å². The molecule has 0 atom stereocenters. The Labute approximate surface area is 488 Å². The van der Waals surface area contributed by atoms with Gasteiger partial charge < -0.3 is 14.7 Å². The lowest BCUT2D eigenvalue weighted by Crippen LogP contribution is -2.75. The van der Waals surface area contributed by atoms with Gasteiger partial charge in [0.25, 0.3) is 6.71 Å². The maximum Gasteiger partial charge on any atom is 0.252 e. The largest absolute Gasteiger partial charge is 0.311 e. The molecule has 0 amide bonds. The van der Waals surface area contributed by atoms with Gasteiger partial charge in [-0.1, -0.05) is 279 Å². The fourth-order valence-corrected chi connectivity index (χ4v) is 18.3. The van der Waals surface area contributed by atoms with Crippen LogP contribution in [0.1, 0.15) is 0 Å². The first-order valence-corrected chi connectivity index (χ1v) is 30.7. The van der Waals surface area contributed by atoms with Crippen LogP contribution in [-0.2, 0) is 0 Å². The van der Waals surface area contributed by atoms with Crippen LogP contribution in [0.25, 0.3) is 33.4 Å². The lowest BCUT2D eigenvalue weighted by atomic mass is 9.33. The Morgan fingerprint density at radius 2 is 0.663 bits per heavy atom. The molecule has 0 spiro atoms. The van der Waals surface area contributed by atoms with Crippen molar-refractivity contribution in [2.24, 2.45) is 0 Å². The van der Waals surface area contributed by atoms with Crippen molar-refractivity contribution in [1.29, 1.82) is 0 Å². The molecule has 13 aromatic rings. The highest BCUT2D eigenvalue weighted by molar-refractivity contribution is 7.20. The molecule has 0 unspecified atom stereocenters. The summed E-state index contributed by atoms with van der Waals surface area (Å²) in [6.45, 7) is -0.184. The van der Waals surface area contributed by atoms with E-state index in [2.05, 4.69) is 354 Å². The second-order valence-corrected chi connectivity index (χ2v) is 25.3. The predicted molar refractivity (Wildman–Crippen MR) is 355 cm³/mol. The van der Waals surface area contributed by atoms with Crippen LogP contribution in [0.2, 0.25) is 0 Å². The Hall–Kier alpha value is -10.5. The van der Waals surface area contributed by atoms with Gasteiger partial charge in [-0.05, 0) is 114 Å². The van der Waals surface area contributed by atoms with Crippen molar-refractivity contribution in [3.8, 4) is 33.4 Å². The van der Waals surface area contributed by atoms with Gasteiger partial charge in [-0.3, -0.25) is 0 Å². The van der Waals surface area contributed by atoms with Crippen molar-refractivity contribution in [1.82, 2.24) is 0 Å². The molecule has 13 aromatic carbocycles. The third-order valence-electron chi connectivity index (χ3n) is 17.0. The van der Waals surface area contributed by atoms with Crippen LogP contribution in [0, 0.1) is 0 Å². The third kappa shape index (κ3) is 8.43. The van der Waals surface area contributed by atoms with E-state index in [0.29, 0.717) is 0 Å². The topological polar surface area (TPSA) is 9.72 Å². The van der Waals surface area contributed by atoms with E-state index < -0.39 is 8.07 Å². The van der Waals surface area contributed by atoms with E-state index in [9.17, 15) is 0 Å². The molecule has 0 aliphatic carbocycles. The van der Waals surface area contributed by atoms with E-state index in [1.165, 1.54) is 48.3 Å². The highest BCUT2D eigenvalue weighted by atomic mass is 28.3. The van der Waals surface area contributed by atoms with Crippen molar-refractivity contribution in [2.75, 3.05) is 14.7 Å². The van der Waals surface area contributed by atoms with Crippen LogP contribution < -0.4 is 51.8 Å². The van der Waals surface area contributed by atoms with Crippen molar-refractivity contribution in [3.63, 3.8) is 0 Å². The molecule has 0 aromatic heterocycles. The number of para-hydroxylation sites is 4. The molecule has 5 heteroatoms. The molecule has 2 aliphatic rings. The lowest BCUT2D eigenvalue weighted by Gasteiger charge is -2.46. The maximum absolute atomic E-state index is 3.04.